The molecule has 2 radical (unpaired) electrons. The van der Waals surface area contributed by atoms with Gasteiger partial charge >= 0.3 is 17.1 Å². The quantitative estimate of drug-likeness (QED) is 0.186. The monoisotopic (exact) mass is 528 g/mol. The van der Waals surface area contributed by atoms with E-state index in [0.29, 0.717) is 13.2 Å². The number of ether oxygens (including phenoxy) is 2. The molecule has 0 rings (SSSR count). The molecule has 0 aliphatic heterocycles. The van der Waals surface area contributed by atoms with Gasteiger partial charge in [-0.15, -0.1) is 0 Å². The van der Waals surface area contributed by atoms with E-state index in [1.807, 2.05) is 0 Å². The molecule has 0 saturated heterocycles. The first-order valence-corrected chi connectivity index (χ1v) is 27.7. The summed E-state index contributed by atoms with van der Waals surface area (Å²) in [6.07, 6.45) is 0. The third kappa shape index (κ3) is 17.6. The average molecular weight is 529 g/mol. The summed E-state index contributed by atoms with van der Waals surface area (Å²) in [6.45, 7) is 29.0. The molecule has 0 aromatic rings. The van der Waals surface area contributed by atoms with Crippen LogP contribution in [0.15, 0.2) is 0 Å². The summed E-state index contributed by atoms with van der Waals surface area (Å²) in [7, 11) is -9.03. The van der Waals surface area contributed by atoms with Crippen LogP contribution in [0.25, 0.3) is 0 Å². The molecule has 0 aromatic carbocycles. The van der Waals surface area contributed by atoms with E-state index >= 15 is 0 Å². The van der Waals surface area contributed by atoms with Gasteiger partial charge in [-0.3, -0.25) is 0 Å². The first-order valence-electron chi connectivity index (χ1n) is 11.0. The Labute approximate surface area is 194 Å². The molecule has 0 aliphatic rings. The van der Waals surface area contributed by atoms with E-state index in [1.54, 1.807) is 0 Å². The van der Waals surface area contributed by atoms with E-state index in [4.69, 9.17) is 25.9 Å². The van der Waals surface area contributed by atoms with E-state index in [0.717, 1.165) is 25.3 Å². The fraction of sp³-hybridized carbons (Fsp3) is 1.00. The third-order valence-electron chi connectivity index (χ3n) is 4.01. The zero-order chi connectivity index (χ0) is 23.6. The van der Waals surface area contributed by atoms with E-state index in [9.17, 15) is 0 Å². The van der Waals surface area contributed by atoms with Crippen molar-refractivity contribution >= 4 is 51.8 Å². The van der Waals surface area contributed by atoms with Crippen molar-refractivity contribution in [1.82, 2.24) is 0 Å². The molecule has 0 fully saturated rings. The third-order valence-corrected chi connectivity index (χ3v) is 22.4. The Balaban J connectivity index is 3.99. The van der Waals surface area contributed by atoms with Crippen molar-refractivity contribution in [2.45, 2.75) is 90.7 Å². The van der Waals surface area contributed by atoms with Gasteiger partial charge in [0.1, 0.15) is 0 Å². The Morgan fingerprint density at radius 2 is 0.800 bits per heavy atom. The normalized spacial score (nSPS) is 14.2. The molecule has 0 heterocycles. The van der Waals surface area contributed by atoms with E-state index < -0.39 is 51.8 Å². The minimum atomic E-state index is -2.02. The minimum absolute atomic E-state index is 0.627. The highest BCUT2D eigenvalue weighted by Gasteiger charge is 2.36. The van der Waals surface area contributed by atoms with Crippen molar-refractivity contribution in [2.75, 3.05) is 26.4 Å². The average Bonchev–Trinajstić information content (AvgIpc) is 2.44. The van der Waals surface area contributed by atoms with Gasteiger partial charge in [0.05, 0.1) is 13.2 Å². The van der Waals surface area contributed by atoms with Gasteiger partial charge in [0, 0.05) is 13.2 Å². The Morgan fingerprint density at radius 3 is 1.07 bits per heavy atom. The summed E-state index contributed by atoms with van der Waals surface area (Å²) in [6, 6.07) is 1.96. The summed E-state index contributed by atoms with van der Waals surface area (Å²) in [5, 5.41) is 0. The molecule has 0 saturated carbocycles. The summed E-state index contributed by atoms with van der Waals surface area (Å²) >= 11 is 0. The van der Waals surface area contributed by atoms with E-state index in [1.165, 1.54) is 0 Å². The highest BCUT2D eigenvalue weighted by molar-refractivity contribution is 6.85. The van der Waals surface area contributed by atoms with Crippen LogP contribution in [0, 0.1) is 0 Å². The smallest absolute Gasteiger partial charge is 0.311 e. The topological polar surface area (TPSA) is 55.4 Å². The van der Waals surface area contributed by atoms with Gasteiger partial charge < -0.3 is 25.9 Å². The fourth-order valence-electron chi connectivity index (χ4n) is 3.42. The SMILES string of the molecule is C[Si](C)O[Si](C)(C)O[Si](C)(C)CCOCCOCC[Si](C)(C)O[Si](C)(C)O[Si](C)C. The van der Waals surface area contributed by atoms with Crippen molar-refractivity contribution in [1.29, 1.82) is 0 Å². The number of hydrogen-bond donors (Lipinski definition) is 0. The molecular weight excluding hydrogens is 481 g/mol. The van der Waals surface area contributed by atoms with Crippen LogP contribution in [-0.4, -0.2) is 78.3 Å². The molecule has 12 heteroatoms. The largest absolute Gasteiger partial charge is 0.437 e. The van der Waals surface area contributed by atoms with Gasteiger partial charge in [-0.25, -0.2) is 0 Å². The van der Waals surface area contributed by atoms with Crippen LogP contribution in [0.2, 0.25) is 90.7 Å². The molecule has 30 heavy (non-hydrogen) atoms. The van der Waals surface area contributed by atoms with Crippen molar-refractivity contribution < 1.29 is 25.9 Å². The standard InChI is InChI=1S/C18H48O6Si6/c1-25(2)21-29(9,10)23-27(5,6)17-15-19-13-14-20-16-18-28(7,8)24-30(11,12)22-26(3)4/h13-18H2,1-12H3. The van der Waals surface area contributed by atoms with Gasteiger partial charge in [0.25, 0.3) is 0 Å². The fourth-order valence-corrected chi connectivity index (χ4v) is 25.1. The predicted molar refractivity (Wildman–Crippen MR) is 140 cm³/mol. The lowest BCUT2D eigenvalue weighted by Crippen LogP contribution is -2.49. The zero-order valence-corrected chi connectivity index (χ0v) is 27.7. The Hall–Kier alpha value is 1.06. The minimum Gasteiger partial charge on any atom is -0.437 e. The van der Waals surface area contributed by atoms with Crippen LogP contribution in [0.4, 0.5) is 0 Å². The maximum atomic E-state index is 6.44. The second kappa shape index (κ2) is 13.7. The molecule has 0 unspecified atom stereocenters. The lowest BCUT2D eigenvalue weighted by atomic mass is 10.7. The van der Waals surface area contributed by atoms with Gasteiger partial charge in [0.15, 0.2) is 34.7 Å². The maximum Gasteiger partial charge on any atom is 0.311 e. The molecule has 0 amide bonds. The lowest BCUT2D eigenvalue weighted by Gasteiger charge is -2.34. The molecule has 0 bridgehead atoms. The van der Waals surface area contributed by atoms with Crippen molar-refractivity contribution in [3.63, 3.8) is 0 Å². The van der Waals surface area contributed by atoms with Gasteiger partial charge in [-0.05, 0) is 90.7 Å². The summed E-state index contributed by atoms with van der Waals surface area (Å²) in [5.41, 5.74) is 0. The van der Waals surface area contributed by atoms with Crippen LogP contribution in [0.1, 0.15) is 0 Å². The summed E-state index contributed by atoms with van der Waals surface area (Å²) in [5.74, 6) is 0. The first kappa shape index (κ1) is 31.1. The molecule has 6 nitrogen and oxygen atoms in total. The van der Waals surface area contributed by atoms with Crippen LogP contribution < -0.4 is 0 Å². The lowest BCUT2D eigenvalue weighted by molar-refractivity contribution is 0.0566. The zero-order valence-electron chi connectivity index (χ0n) is 21.7. The van der Waals surface area contributed by atoms with Gasteiger partial charge in [-0.2, -0.15) is 0 Å². The van der Waals surface area contributed by atoms with Gasteiger partial charge in [-0.1, -0.05) is 0 Å². The van der Waals surface area contributed by atoms with E-state index in [-0.39, 0.29) is 0 Å². The molecule has 0 atom stereocenters. The first-order chi connectivity index (χ1) is 13.5. The second-order valence-electron chi connectivity index (χ2n) is 10.3. The highest BCUT2D eigenvalue weighted by Crippen LogP contribution is 2.21. The molecule has 0 spiro atoms. The van der Waals surface area contributed by atoms with Crippen molar-refractivity contribution in [3.05, 3.63) is 0 Å². The van der Waals surface area contributed by atoms with Crippen molar-refractivity contribution in [2.24, 2.45) is 0 Å². The van der Waals surface area contributed by atoms with Crippen LogP contribution in [0.3, 0.4) is 0 Å². The highest BCUT2D eigenvalue weighted by atomic mass is 28.5. The Bertz CT molecular complexity index is 432. The molecule has 180 valence electrons. The predicted octanol–water partition coefficient (Wildman–Crippen LogP) is 5.40. The Kier molecular flexibility index (Phi) is 14.2. The van der Waals surface area contributed by atoms with Crippen molar-refractivity contribution in [3.8, 4) is 0 Å². The Morgan fingerprint density at radius 1 is 0.500 bits per heavy atom. The molecule has 0 N–H and O–H groups in total. The van der Waals surface area contributed by atoms with Crippen LogP contribution in [0.5, 0.6) is 0 Å². The second-order valence-corrected chi connectivity index (χ2v) is 30.8. The molecular formula is C18H48O6Si6. The molecule has 0 aromatic heterocycles. The van der Waals surface area contributed by atoms with Crippen LogP contribution in [-0.2, 0) is 25.9 Å². The molecule has 0 aliphatic carbocycles. The van der Waals surface area contributed by atoms with Crippen LogP contribution >= 0.6 is 0 Å². The van der Waals surface area contributed by atoms with E-state index in [2.05, 4.69) is 78.6 Å². The number of rotatable bonds is 17. The number of hydrogen-bond acceptors (Lipinski definition) is 6. The summed E-state index contributed by atoms with van der Waals surface area (Å²) in [4.78, 5) is 0. The maximum absolute atomic E-state index is 6.44. The van der Waals surface area contributed by atoms with Gasteiger partial charge in [0.2, 0.25) is 0 Å². The summed E-state index contributed by atoms with van der Waals surface area (Å²) < 4.78 is 36.7.